The average molecular weight is 357 g/mol. The van der Waals surface area contributed by atoms with Crippen LogP contribution in [0.5, 0.6) is 0 Å². The number of rotatable bonds is 2. The highest BCUT2D eigenvalue weighted by Gasteiger charge is 2.63. The molecule has 2 atom stereocenters. The molecule has 7 heteroatoms. The number of amides is 2. The molecular formula is C19H27N5O2. The lowest BCUT2D eigenvalue weighted by Crippen LogP contribution is -2.49. The second-order valence-electron chi connectivity index (χ2n) is 8.23. The lowest BCUT2D eigenvalue weighted by Gasteiger charge is -2.44. The molecule has 3 fully saturated rings. The molecule has 1 aromatic heterocycles. The number of hydrogen-bond donors (Lipinski definition) is 1. The highest BCUT2D eigenvalue weighted by molar-refractivity contribution is 5.92. The molecule has 3 heterocycles. The highest BCUT2D eigenvalue weighted by atomic mass is 16.2. The van der Waals surface area contributed by atoms with E-state index in [9.17, 15) is 9.59 Å². The number of likely N-dealkylation sites (tertiary alicyclic amines) is 2. The highest BCUT2D eigenvalue weighted by Crippen LogP contribution is 2.61. The number of nitrogens with one attached hydrogen (secondary N) is 1. The molecule has 26 heavy (non-hydrogen) atoms. The van der Waals surface area contributed by atoms with Crippen LogP contribution in [-0.2, 0) is 4.79 Å². The van der Waals surface area contributed by atoms with Gasteiger partial charge in [0.05, 0.1) is 5.41 Å². The van der Waals surface area contributed by atoms with Crippen LogP contribution in [0.1, 0.15) is 36.2 Å². The van der Waals surface area contributed by atoms with Gasteiger partial charge in [0, 0.05) is 39.4 Å². The van der Waals surface area contributed by atoms with E-state index in [1.165, 1.54) is 6.33 Å². The quantitative estimate of drug-likeness (QED) is 0.847. The summed E-state index contributed by atoms with van der Waals surface area (Å²) in [6, 6.07) is 1.67. The van der Waals surface area contributed by atoms with Gasteiger partial charge in [0.15, 0.2) is 0 Å². The summed E-state index contributed by atoms with van der Waals surface area (Å²) in [5, 5.41) is 2.92. The van der Waals surface area contributed by atoms with Gasteiger partial charge in [-0.3, -0.25) is 9.59 Å². The van der Waals surface area contributed by atoms with Crippen LogP contribution in [-0.4, -0.2) is 71.9 Å². The van der Waals surface area contributed by atoms with Crippen molar-refractivity contribution in [2.45, 2.75) is 25.7 Å². The van der Waals surface area contributed by atoms with Crippen molar-refractivity contribution >= 4 is 11.8 Å². The summed E-state index contributed by atoms with van der Waals surface area (Å²) in [6.45, 7) is 3.32. The summed E-state index contributed by atoms with van der Waals surface area (Å²) in [4.78, 5) is 37.6. The lowest BCUT2D eigenvalue weighted by molar-refractivity contribution is -0.132. The zero-order valence-corrected chi connectivity index (χ0v) is 15.6. The number of aromatic nitrogens is 2. The fourth-order valence-electron chi connectivity index (χ4n) is 5.75. The minimum atomic E-state index is -0.248. The van der Waals surface area contributed by atoms with Crippen molar-refractivity contribution in [2.24, 2.45) is 16.7 Å². The summed E-state index contributed by atoms with van der Waals surface area (Å²) in [5.74, 6) is 0.570. The van der Waals surface area contributed by atoms with Crippen LogP contribution in [0.2, 0.25) is 0 Å². The van der Waals surface area contributed by atoms with E-state index in [0.29, 0.717) is 11.6 Å². The SMILES string of the molecule is CNC(=O)[C@@]12CCC3(CCN(C(=O)c4ccncn4)CC3)[C@@H]1CN(C)C2. The van der Waals surface area contributed by atoms with E-state index in [1.54, 1.807) is 19.3 Å². The van der Waals surface area contributed by atoms with Crippen LogP contribution in [0, 0.1) is 16.7 Å². The van der Waals surface area contributed by atoms with Crippen molar-refractivity contribution in [1.82, 2.24) is 25.1 Å². The van der Waals surface area contributed by atoms with E-state index in [4.69, 9.17) is 0 Å². The van der Waals surface area contributed by atoms with E-state index in [2.05, 4.69) is 27.2 Å². The van der Waals surface area contributed by atoms with Crippen molar-refractivity contribution < 1.29 is 9.59 Å². The van der Waals surface area contributed by atoms with Gasteiger partial charge in [-0.05, 0) is 50.1 Å². The molecule has 7 nitrogen and oxygen atoms in total. The first-order valence-electron chi connectivity index (χ1n) is 9.47. The smallest absolute Gasteiger partial charge is 0.272 e. The summed E-state index contributed by atoms with van der Waals surface area (Å²) >= 11 is 0. The Morgan fingerprint density at radius 3 is 2.65 bits per heavy atom. The Balaban J connectivity index is 1.50. The summed E-state index contributed by atoms with van der Waals surface area (Å²) in [6.07, 6.45) is 7.02. The normalized spacial score (nSPS) is 30.4. The predicted octanol–water partition coefficient (Wildman–Crippen LogP) is 0.787. The third kappa shape index (κ3) is 2.52. The van der Waals surface area contributed by atoms with Crippen LogP contribution in [0.3, 0.4) is 0 Å². The summed E-state index contributed by atoms with van der Waals surface area (Å²) in [5.41, 5.74) is 0.393. The maximum atomic E-state index is 12.7. The van der Waals surface area contributed by atoms with Gasteiger partial charge >= 0.3 is 0 Å². The number of hydrogen-bond acceptors (Lipinski definition) is 5. The van der Waals surface area contributed by atoms with Crippen molar-refractivity contribution in [3.05, 3.63) is 24.3 Å². The van der Waals surface area contributed by atoms with Crippen LogP contribution >= 0.6 is 0 Å². The number of nitrogens with zero attached hydrogens (tertiary/aromatic N) is 4. The monoisotopic (exact) mass is 357 g/mol. The molecule has 2 amide bonds. The Hall–Kier alpha value is -2.02. The zero-order valence-electron chi connectivity index (χ0n) is 15.6. The second-order valence-corrected chi connectivity index (χ2v) is 8.23. The Morgan fingerprint density at radius 1 is 1.23 bits per heavy atom. The second kappa shape index (κ2) is 6.30. The maximum absolute atomic E-state index is 12.7. The van der Waals surface area contributed by atoms with E-state index in [0.717, 1.165) is 51.9 Å². The number of piperidine rings is 1. The fourth-order valence-corrected chi connectivity index (χ4v) is 5.75. The molecule has 140 valence electrons. The van der Waals surface area contributed by atoms with Crippen molar-refractivity contribution in [3.63, 3.8) is 0 Å². The first kappa shape index (κ1) is 17.4. The van der Waals surface area contributed by atoms with E-state index < -0.39 is 0 Å². The lowest BCUT2D eigenvalue weighted by atomic mass is 9.65. The summed E-state index contributed by atoms with van der Waals surface area (Å²) in [7, 11) is 3.87. The first-order chi connectivity index (χ1) is 12.5. The Labute approximate surface area is 154 Å². The third-order valence-electron chi connectivity index (χ3n) is 7.05. The van der Waals surface area contributed by atoms with Crippen molar-refractivity contribution in [3.8, 4) is 0 Å². The number of carbonyl (C=O) groups is 2. The predicted molar refractivity (Wildman–Crippen MR) is 96.3 cm³/mol. The van der Waals surface area contributed by atoms with Gasteiger partial charge in [0.25, 0.3) is 5.91 Å². The van der Waals surface area contributed by atoms with Gasteiger partial charge < -0.3 is 15.1 Å². The molecule has 4 rings (SSSR count). The average Bonchev–Trinajstić information content (AvgIpc) is 3.17. The molecule has 1 spiro atoms. The van der Waals surface area contributed by atoms with Crippen LogP contribution in [0.4, 0.5) is 0 Å². The largest absolute Gasteiger partial charge is 0.359 e. The molecule has 2 saturated heterocycles. The van der Waals surface area contributed by atoms with Gasteiger partial charge in [0.1, 0.15) is 12.0 Å². The number of carbonyl (C=O) groups excluding carboxylic acids is 2. The fraction of sp³-hybridized carbons (Fsp3) is 0.684. The molecule has 3 aliphatic rings. The van der Waals surface area contributed by atoms with Crippen molar-refractivity contribution in [1.29, 1.82) is 0 Å². The molecule has 0 radical (unpaired) electrons. The minimum Gasteiger partial charge on any atom is -0.359 e. The van der Waals surface area contributed by atoms with E-state index >= 15 is 0 Å². The molecule has 1 saturated carbocycles. The summed E-state index contributed by atoms with van der Waals surface area (Å²) < 4.78 is 0. The Bertz CT molecular complexity index is 701. The molecule has 1 N–H and O–H groups in total. The van der Waals surface area contributed by atoms with Gasteiger partial charge in [-0.1, -0.05) is 0 Å². The maximum Gasteiger partial charge on any atom is 0.272 e. The van der Waals surface area contributed by atoms with Crippen molar-refractivity contribution in [2.75, 3.05) is 40.3 Å². The molecule has 2 aliphatic heterocycles. The van der Waals surface area contributed by atoms with E-state index in [-0.39, 0.29) is 22.6 Å². The van der Waals surface area contributed by atoms with Crippen LogP contribution in [0.15, 0.2) is 18.6 Å². The Morgan fingerprint density at radius 2 is 2.00 bits per heavy atom. The molecule has 0 aromatic carbocycles. The van der Waals surface area contributed by atoms with Gasteiger partial charge in [0.2, 0.25) is 5.91 Å². The molecule has 1 aliphatic carbocycles. The van der Waals surface area contributed by atoms with Gasteiger partial charge in [-0.25, -0.2) is 9.97 Å². The first-order valence-corrected chi connectivity index (χ1v) is 9.47. The third-order valence-corrected chi connectivity index (χ3v) is 7.05. The molecular weight excluding hydrogens is 330 g/mol. The van der Waals surface area contributed by atoms with Gasteiger partial charge in [-0.2, -0.15) is 0 Å². The van der Waals surface area contributed by atoms with E-state index in [1.807, 2.05) is 4.90 Å². The minimum absolute atomic E-state index is 0.0126. The van der Waals surface area contributed by atoms with Crippen LogP contribution < -0.4 is 5.32 Å². The standard InChI is InChI=1S/C19H27N5O2/c1-20-17(26)19-5-4-18(15(19)11-23(2)12-19)6-9-24(10-7-18)16(25)14-3-8-21-13-22-14/h3,8,13,15H,4-7,9-12H2,1-2H3,(H,20,26)/t15-,19+/m0/s1. The van der Waals surface area contributed by atoms with Crippen LogP contribution in [0.25, 0.3) is 0 Å². The number of fused-ring (bicyclic) bond motifs is 2. The topological polar surface area (TPSA) is 78.4 Å². The zero-order chi connectivity index (χ0) is 18.4. The van der Waals surface area contributed by atoms with Gasteiger partial charge in [-0.15, -0.1) is 0 Å². The molecule has 0 bridgehead atoms. The Kier molecular flexibility index (Phi) is 4.22. The molecule has 0 unspecified atom stereocenters. The molecule has 1 aromatic rings.